The third-order valence-electron chi connectivity index (χ3n) is 4.48. The van der Waals surface area contributed by atoms with Crippen LogP contribution >= 0.6 is 0 Å². The molecule has 0 amide bonds. The first-order valence-corrected chi connectivity index (χ1v) is 10.4. The summed E-state index contributed by atoms with van der Waals surface area (Å²) in [5.41, 5.74) is 2.57. The van der Waals surface area contributed by atoms with Crippen molar-refractivity contribution in [3.63, 3.8) is 0 Å². The summed E-state index contributed by atoms with van der Waals surface area (Å²) in [7, 11) is -4.15. The van der Waals surface area contributed by atoms with E-state index in [4.69, 9.17) is 10.4 Å². The molecule has 142 valence electrons. The van der Waals surface area contributed by atoms with Crippen LogP contribution in [0.3, 0.4) is 0 Å². The van der Waals surface area contributed by atoms with Crippen molar-refractivity contribution in [2.45, 2.75) is 38.4 Å². The van der Waals surface area contributed by atoms with Crippen LogP contribution in [-0.4, -0.2) is 14.2 Å². The van der Waals surface area contributed by atoms with Crippen molar-refractivity contribution in [3.8, 4) is 6.07 Å². The van der Waals surface area contributed by atoms with Crippen LogP contribution in [0, 0.1) is 17.2 Å². The lowest BCUT2D eigenvalue weighted by atomic mass is 9.91. The number of rotatable bonds is 7. The van der Waals surface area contributed by atoms with Crippen LogP contribution in [0.25, 0.3) is 0 Å². The quantitative estimate of drug-likeness (QED) is 0.790. The molecule has 2 aromatic carbocycles. The molecule has 5 nitrogen and oxygen atoms in total. The van der Waals surface area contributed by atoms with E-state index in [0.717, 1.165) is 12.0 Å². The van der Waals surface area contributed by atoms with E-state index in [1.54, 1.807) is 6.92 Å². The Bertz CT molecular complexity index is 940. The summed E-state index contributed by atoms with van der Waals surface area (Å²) in [6, 6.07) is 15.5. The Morgan fingerprint density at radius 2 is 1.52 bits per heavy atom. The van der Waals surface area contributed by atoms with Gasteiger partial charge in [0.05, 0.1) is 11.6 Å². The second kappa shape index (κ2) is 8.47. The molecule has 2 aromatic rings. The number of nitrogens with zero attached hydrogens (tertiary/aromatic N) is 1. The normalized spacial score (nSPS) is 13.8. The lowest BCUT2D eigenvalue weighted by molar-refractivity contribution is -0.119. The molecule has 0 aromatic heterocycles. The van der Waals surface area contributed by atoms with E-state index < -0.39 is 27.0 Å². The summed E-state index contributed by atoms with van der Waals surface area (Å²) in [4.78, 5) is 13.0. The summed E-state index contributed by atoms with van der Waals surface area (Å²) >= 11 is 0. The van der Waals surface area contributed by atoms with Crippen LogP contribution in [-0.2, 0) is 21.2 Å². The van der Waals surface area contributed by atoms with Gasteiger partial charge in [0.25, 0.3) is 0 Å². The van der Waals surface area contributed by atoms with Crippen molar-refractivity contribution in [3.05, 3.63) is 70.8 Å². The van der Waals surface area contributed by atoms with Gasteiger partial charge in [0, 0.05) is 5.92 Å². The Hall–Kier alpha value is -2.49. The maximum Gasteiger partial charge on any atom is 0.223 e. The van der Waals surface area contributed by atoms with E-state index in [-0.39, 0.29) is 5.56 Å². The molecular weight excluding hydrogens is 360 g/mol. The zero-order valence-corrected chi connectivity index (χ0v) is 16.5. The highest BCUT2D eigenvalue weighted by Crippen LogP contribution is 2.30. The van der Waals surface area contributed by atoms with Crippen LogP contribution < -0.4 is 5.14 Å². The number of sulfonamides is 1. The SMILES string of the molecule is CC(C)Cc1ccc(C(C)C(=O)C(c2ccc(C#N)cc2)S(N)(=O)=O)cc1. The minimum atomic E-state index is -4.15. The van der Waals surface area contributed by atoms with Crippen LogP contribution in [0.15, 0.2) is 48.5 Å². The molecule has 2 atom stereocenters. The first kappa shape index (κ1) is 20.8. The van der Waals surface area contributed by atoms with E-state index in [9.17, 15) is 13.2 Å². The van der Waals surface area contributed by atoms with E-state index >= 15 is 0 Å². The molecule has 0 aliphatic heterocycles. The summed E-state index contributed by atoms with van der Waals surface area (Å²) in [6.45, 7) is 5.95. The number of benzene rings is 2. The molecule has 0 spiro atoms. The van der Waals surface area contributed by atoms with Crippen LogP contribution in [0.4, 0.5) is 0 Å². The molecule has 0 heterocycles. The van der Waals surface area contributed by atoms with Gasteiger partial charge in [-0.15, -0.1) is 0 Å². The zero-order valence-electron chi connectivity index (χ0n) is 15.7. The summed E-state index contributed by atoms with van der Waals surface area (Å²) in [5.74, 6) is -0.589. The molecular formula is C21H24N2O3S. The number of Topliss-reactive ketones (excluding diaryl/α,β-unsaturated/α-hetero) is 1. The number of ketones is 1. The van der Waals surface area contributed by atoms with E-state index in [0.29, 0.717) is 11.5 Å². The number of nitriles is 1. The van der Waals surface area contributed by atoms with E-state index in [1.807, 2.05) is 30.3 Å². The maximum absolute atomic E-state index is 13.0. The van der Waals surface area contributed by atoms with Gasteiger partial charge in [-0.25, -0.2) is 13.6 Å². The van der Waals surface area contributed by atoms with Crippen molar-refractivity contribution in [1.29, 1.82) is 5.26 Å². The molecule has 0 saturated carbocycles. The smallest absolute Gasteiger partial charge is 0.223 e. The van der Waals surface area contributed by atoms with Gasteiger partial charge in [-0.1, -0.05) is 57.2 Å². The van der Waals surface area contributed by atoms with Crippen LogP contribution in [0.2, 0.25) is 0 Å². The number of carbonyl (C=O) groups is 1. The predicted molar refractivity (Wildman–Crippen MR) is 105 cm³/mol. The monoisotopic (exact) mass is 384 g/mol. The number of hydrogen-bond donors (Lipinski definition) is 1. The molecule has 6 heteroatoms. The number of nitrogens with two attached hydrogens (primary N) is 1. The molecule has 27 heavy (non-hydrogen) atoms. The fourth-order valence-corrected chi connectivity index (χ4v) is 4.12. The highest BCUT2D eigenvalue weighted by molar-refractivity contribution is 7.90. The zero-order chi connectivity index (χ0) is 20.2. The highest BCUT2D eigenvalue weighted by Gasteiger charge is 2.34. The second-order valence-corrected chi connectivity index (χ2v) is 8.82. The van der Waals surface area contributed by atoms with Crippen molar-refractivity contribution in [2.75, 3.05) is 0 Å². The van der Waals surface area contributed by atoms with Crippen molar-refractivity contribution in [1.82, 2.24) is 0 Å². The van der Waals surface area contributed by atoms with Crippen LogP contribution in [0.1, 0.15) is 54.2 Å². The Morgan fingerprint density at radius 3 is 1.96 bits per heavy atom. The molecule has 2 rings (SSSR count). The topological polar surface area (TPSA) is 101 Å². The first-order valence-electron chi connectivity index (χ1n) is 8.77. The fourth-order valence-electron chi connectivity index (χ4n) is 3.05. The summed E-state index contributed by atoms with van der Waals surface area (Å²) in [5, 5.41) is 12.8. The molecule has 2 unspecified atom stereocenters. The van der Waals surface area contributed by atoms with Gasteiger partial charge in [-0.3, -0.25) is 4.79 Å². The van der Waals surface area contributed by atoms with E-state index in [2.05, 4.69) is 13.8 Å². The Kier molecular flexibility index (Phi) is 6.53. The van der Waals surface area contributed by atoms with Gasteiger partial charge < -0.3 is 0 Å². The minimum Gasteiger partial charge on any atom is -0.297 e. The second-order valence-electron chi connectivity index (χ2n) is 7.17. The molecule has 0 saturated heterocycles. The first-order chi connectivity index (χ1) is 12.6. The highest BCUT2D eigenvalue weighted by atomic mass is 32.2. The van der Waals surface area contributed by atoms with Gasteiger partial charge in [-0.05, 0) is 41.2 Å². The third kappa shape index (κ3) is 5.25. The van der Waals surface area contributed by atoms with Gasteiger partial charge in [0.2, 0.25) is 10.0 Å². The fraction of sp³-hybridized carbons (Fsp3) is 0.333. The largest absolute Gasteiger partial charge is 0.297 e. The molecule has 0 fully saturated rings. The van der Waals surface area contributed by atoms with Gasteiger partial charge >= 0.3 is 0 Å². The average molecular weight is 385 g/mol. The standard InChI is InChI=1S/C21H24N2O3S/c1-14(2)12-16-4-8-18(9-5-16)15(3)20(24)21(27(23,25)26)19-10-6-17(13-22)7-11-19/h4-11,14-15,21H,12H2,1-3H3,(H2,23,25,26). The van der Waals surface area contributed by atoms with Crippen molar-refractivity contribution < 1.29 is 13.2 Å². The van der Waals surface area contributed by atoms with Crippen LogP contribution in [0.5, 0.6) is 0 Å². The Labute approximate surface area is 160 Å². The molecule has 2 N–H and O–H groups in total. The Morgan fingerprint density at radius 1 is 1.00 bits per heavy atom. The van der Waals surface area contributed by atoms with Crippen molar-refractivity contribution >= 4 is 15.8 Å². The van der Waals surface area contributed by atoms with Crippen molar-refractivity contribution in [2.24, 2.45) is 11.1 Å². The molecule has 0 aliphatic carbocycles. The van der Waals surface area contributed by atoms with Gasteiger partial charge in [-0.2, -0.15) is 5.26 Å². The molecule has 0 aliphatic rings. The molecule has 0 radical (unpaired) electrons. The lowest BCUT2D eigenvalue weighted by Gasteiger charge is -2.19. The summed E-state index contributed by atoms with van der Waals surface area (Å²) < 4.78 is 24.3. The third-order valence-corrected chi connectivity index (χ3v) is 5.64. The number of carbonyl (C=O) groups excluding carboxylic acids is 1. The number of primary sulfonamides is 1. The average Bonchev–Trinajstić information content (AvgIpc) is 2.60. The maximum atomic E-state index is 13.0. The lowest BCUT2D eigenvalue weighted by Crippen LogP contribution is -2.31. The predicted octanol–water partition coefficient (Wildman–Crippen LogP) is 3.46. The molecule has 0 bridgehead atoms. The number of hydrogen-bond acceptors (Lipinski definition) is 4. The summed E-state index contributed by atoms with van der Waals surface area (Å²) in [6.07, 6.45) is 0.938. The Balaban J connectivity index is 2.33. The minimum absolute atomic E-state index is 0.268. The van der Waals surface area contributed by atoms with Gasteiger partial charge in [0.1, 0.15) is 0 Å². The van der Waals surface area contributed by atoms with Gasteiger partial charge in [0.15, 0.2) is 11.0 Å². The van der Waals surface area contributed by atoms with E-state index in [1.165, 1.54) is 29.8 Å².